The van der Waals surface area contributed by atoms with Crippen LogP contribution in [0.15, 0.2) is 47.2 Å². The molecule has 32 heavy (non-hydrogen) atoms. The van der Waals surface area contributed by atoms with E-state index in [9.17, 15) is 4.79 Å². The summed E-state index contributed by atoms with van der Waals surface area (Å²) in [5.74, 6) is 5.79. The van der Waals surface area contributed by atoms with Crippen molar-refractivity contribution in [2.75, 3.05) is 36.5 Å². The van der Waals surface area contributed by atoms with Crippen molar-refractivity contribution in [3.05, 3.63) is 47.7 Å². The van der Waals surface area contributed by atoms with E-state index in [4.69, 9.17) is 15.6 Å². The van der Waals surface area contributed by atoms with Gasteiger partial charge in [-0.2, -0.15) is 5.10 Å². The predicted octanol–water partition coefficient (Wildman–Crippen LogP) is 3.39. The Balaban J connectivity index is 1.80. The van der Waals surface area contributed by atoms with Crippen molar-refractivity contribution >= 4 is 23.8 Å². The fourth-order valence-corrected chi connectivity index (χ4v) is 3.48. The van der Waals surface area contributed by atoms with Crippen LogP contribution in [0.2, 0.25) is 0 Å². The number of anilines is 2. The van der Waals surface area contributed by atoms with E-state index in [0.717, 1.165) is 41.2 Å². The molecule has 0 spiro atoms. The first kappa shape index (κ1) is 23.4. The van der Waals surface area contributed by atoms with Gasteiger partial charge in [-0.3, -0.25) is 4.79 Å². The number of nitrogens with two attached hydrogens (primary N) is 1. The minimum Gasteiger partial charge on any atom is -0.378 e. The second-order valence-corrected chi connectivity index (χ2v) is 8.25. The number of carbonyl (C=O) groups is 1. The maximum atomic E-state index is 12.8. The molecule has 0 saturated carbocycles. The van der Waals surface area contributed by atoms with Crippen LogP contribution in [-0.4, -0.2) is 48.4 Å². The zero-order valence-electron chi connectivity index (χ0n) is 19.2. The molecule has 8 nitrogen and oxygen atoms in total. The largest absolute Gasteiger partial charge is 0.378 e. The van der Waals surface area contributed by atoms with Crippen molar-refractivity contribution in [2.45, 2.75) is 27.7 Å². The molecule has 2 aromatic rings. The Morgan fingerprint density at radius 3 is 2.69 bits per heavy atom. The molecule has 1 aromatic heterocycles. The third-order valence-corrected chi connectivity index (χ3v) is 5.46. The standard InChI is InChI=1S/C24H32N6O2/c1-16(2)19(15-27-25)13-18(4)23(31)28-20-6-5-17(3)21(14-20)22-7-8-26-24(29-22)30-9-11-32-12-10-30/h5-8,13-16,18H,9-12,25H2,1-4H3,(H,28,31)/b19-13+,27-15-. The number of aromatic nitrogens is 2. The van der Waals surface area contributed by atoms with E-state index >= 15 is 0 Å². The van der Waals surface area contributed by atoms with Crippen LogP contribution in [0, 0.1) is 18.8 Å². The number of carbonyl (C=O) groups excluding carboxylic acids is 1. The van der Waals surface area contributed by atoms with Gasteiger partial charge in [-0.05, 0) is 42.2 Å². The number of ether oxygens (including phenoxy) is 1. The van der Waals surface area contributed by atoms with E-state index in [0.29, 0.717) is 19.2 Å². The Bertz CT molecular complexity index is 996. The van der Waals surface area contributed by atoms with Crippen LogP contribution in [0.3, 0.4) is 0 Å². The molecule has 1 fully saturated rings. The van der Waals surface area contributed by atoms with E-state index in [1.807, 2.05) is 58.0 Å². The predicted molar refractivity (Wildman–Crippen MR) is 129 cm³/mol. The number of hydrogen-bond donors (Lipinski definition) is 2. The molecular formula is C24H32N6O2. The number of hydrogen-bond acceptors (Lipinski definition) is 7. The van der Waals surface area contributed by atoms with Gasteiger partial charge in [0.05, 0.1) is 24.8 Å². The molecule has 8 heteroatoms. The van der Waals surface area contributed by atoms with Crippen LogP contribution in [0.25, 0.3) is 11.3 Å². The molecule has 1 amide bonds. The van der Waals surface area contributed by atoms with Gasteiger partial charge in [0.25, 0.3) is 0 Å². The van der Waals surface area contributed by atoms with Gasteiger partial charge in [-0.15, -0.1) is 0 Å². The number of benzene rings is 1. The van der Waals surface area contributed by atoms with Crippen LogP contribution < -0.4 is 16.1 Å². The summed E-state index contributed by atoms with van der Waals surface area (Å²) in [5.41, 5.74) is 4.51. The first-order valence-corrected chi connectivity index (χ1v) is 10.9. The molecule has 1 atom stereocenters. The molecule has 0 aliphatic carbocycles. The van der Waals surface area contributed by atoms with Crippen molar-refractivity contribution < 1.29 is 9.53 Å². The second kappa shape index (κ2) is 10.9. The maximum absolute atomic E-state index is 12.8. The Morgan fingerprint density at radius 2 is 2.00 bits per heavy atom. The van der Waals surface area contributed by atoms with E-state index in [1.165, 1.54) is 0 Å². The van der Waals surface area contributed by atoms with E-state index in [1.54, 1.807) is 12.4 Å². The second-order valence-electron chi connectivity index (χ2n) is 8.25. The van der Waals surface area contributed by atoms with Gasteiger partial charge in [-0.25, -0.2) is 9.97 Å². The molecule has 3 N–H and O–H groups in total. The monoisotopic (exact) mass is 436 g/mol. The van der Waals surface area contributed by atoms with E-state index in [2.05, 4.69) is 20.3 Å². The van der Waals surface area contributed by atoms with Crippen LogP contribution >= 0.6 is 0 Å². The molecule has 170 valence electrons. The first-order valence-electron chi connectivity index (χ1n) is 10.9. The number of nitrogens with one attached hydrogen (secondary N) is 1. The summed E-state index contributed by atoms with van der Waals surface area (Å²) < 4.78 is 5.42. The fraction of sp³-hybridized carbons (Fsp3) is 0.417. The van der Waals surface area contributed by atoms with Crippen LogP contribution in [0.4, 0.5) is 11.6 Å². The highest BCUT2D eigenvalue weighted by Gasteiger charge is 2.16. The lowest BCUT2D eigenvalue weighted by molar-refractivity contribution is -0.118. The van der Waals surface area contributed by atoms with Crippen LogP contribution in [0.1, 0.15) is 26.3 Å². The number of hydrazone groups is 1. The molecule has 2 heterocycles. The van der Waals surface area contributed by atoms with E-state index in [-0.39, 0.29) is 17.7 Å². The molecule has 3 rings (SSSR count). The SMILES string of the molecule is Cc1ccc(NC(=O)C(C)/C=C(\C=N/N)C(C)C)cc1-c1ccnc(N2CCOCC2)n1. The van der Waals surface area contributed by atoms with Crippen molar-refractivity contribution in [1.29, 1.82) is 0 Å². The van der Waals surface area contributed by atoms with E-state index < -0.39 is 0 Å². The van der Waals surface area contributed by atoms with Gasteiger partial charge in [0.15, 0.2) is 0 Å². The summed E-state index contributed by atoms with van der Waals surface area (Å²) in [6.07, 6.45) is 5.27. The molecule has 1 unspecified atom stereocenters. The number of amides is 1. The van der Waals surface area contributed by atoms with Crippen molar-refractivity contribution in [3.63, 3.8) is 0 Å². The lowest BCUT2D eigenvalue weighted by Crippen LogP contribution is -2.37. The van der Waals surface area contributed by atoms with Gasteiger partial charge in [0.1, 0.15) is 0 Å². The molecule has 1 saturated heterocycles. The van der Waals surface area contributed by atoms with Gasteiger partial charge in [0.2, 0.25) is 11.9 Å². The lowest BCUT2D eigenvalue weighted by Gasteiger charge is -2.26. The Kier molecular flexibility index (Phi) is 7.94. The Labute approximate surface area is 189 Å². The summed E-state index contributed by atoms with van der Waals surface area (Å²) in [7, 11) is 0. The third-order valence-electron chi connectivity index (χ3n) is 5.46. The molecule has 1 aromatic carbocycles. The smallest absolute Gasteiger partial charge is 0.231 e. The molecule has 1 aliphatic heterocycles. The summed E-state index contributed by atoms with van der Waals surface area (Å²) in [6.45, 7) is 10.9. The van der Waals surface area contributed by atoms with Gasteiger partial charge < -0.3 is 20.8 Å². The Hall–Kier alpha value is -3.26. The minimum atomic E-state index is -0.331. The average Bonchev–Trinajstić information content (AvgIpc) is 2.80. The zero-order chi connectivity index (χ0) is 23.1. The van der Waals surface area contributed by atoms with Crippen LogP contribution in [0.5, 0.6) is 0 Å². The molecular weight excluding hydrogens is 404 g/mol. The topological polar surface area (TPSA) is 106 Å². The highest BCUT2D eigenvalue weighted by Crippen LogP contribution is 2.27. The highest BCUT2D eigenvalue weighted by molar-refractivity contribution is 5.95. The number of allylic oxidation sites excluding steroid dienone is 1. The average molecular weight is 437 g/mol. The summed E-state index contributed by atoms with van der Waals surface area (Å²) in [5, 5.41) is 6.62. The van der Waals surface area contributed by atoms with Gasteiger partial charge >= 0.3 is 0 Å². The molecule has 0 bridgehead atoms. The normalized spacial score (nSPS) is 15.9. The molecule has 0 radical (unpaired) electrons. The fourth-order valence-electron chi connectivity index (χ4n) is 3.48. The van der Waals surface area contributed by atoms with Crippen molar-refractivity contribution in [3.8, 4) is 11.3 Å². The summed E-state index contributed by atoms with van der Waals surface area (Å²) in [4.78, 5) is 24.1. The quantitative estimate of drug-likeness (QED) is 0.392. The lowest BCUT2D eigenvalue weighted by atomic mass is 9.98. The van der Waals surface area contributed by atoms with Gasteiger partial charge in [0, 0.05) is 36.8 Å². The van der Waals surface area contributed by atoms with Crippen molar-refractivity contribution in [2.24, 2.45) is 22.8 Å². The summed E-state index contributed by atoms with van der Waals surface area (Å²) in [6, 6.07) is 7.74. The number of nitrogens with zero attached hydrogens (tertiary/aromatic N) is 4. The van der Waals surface area contributed by atoms with Crippen LogP contribution in [-0.2, 0) is 9.53 Å². The third kappa shape index (κ3) is 5.91. The molecule has 1 aliphatic rings. The Morgan fingerprint density at radius 1 is 1.25 bits per heavy atom. The van der Waals surface area contributed by atoms with Gasteiger partial charge in [-0.1, -0.05) is 32.9 Å². The number of morpholine rings is 1. The minimum absolute atomic E-state index is 0.0972. The number of rotatable bonds is 7. The zero-order valence-corrected chi connectivity index (χ0v) is 19.2. The van der Waals surface area contributed by atoms with Crippen molar-refractivity contribution in [1.82, 2.24) is 9.97 Å². The summed E-state index contributed by atoms with van der Waals surface area (Å²) >= 11 is 0. The maximum Gasteiger partial charge on any atom is 0.231 e. The first-order chi connectivity index (χ1) is 15.4. The number of aryl methyl sites for hydroxylation is 1. The highest BCUT2D eigenvalue weighted by atomic mass is 16.5.